The average molecular weight is 454 g/mol. The third-order valence-electron chi connectivity index (χ3n) is 3.95. The van der Waals surface area contributed by atoms with Gasteiger partial charge < -0.3 is 4.74 Å². The molecule has 1 saturated heterocycles. The van der Waals surface area contributed by atoms with Gasteiger partial charge in [-0.3, -0.25) is 0 Å². The number of halogens is 1. The standard InChI is InChI=1S/C16H24BrNO5S2/c1-4-23-15-6-5-13(17)9-16(15)25(21,22)18(10-12(2)3)14-7-8-24(19,20)11-14/h5-6,9,12,14H,4,7-8,10-11H2,1-3H3. The van der Waals surface area contributed by atoms with E-state index in [1.807, 2.05) is 13.8 Å². The van der Waals surface area contributed by atoms with Gasteiger partial charge in [0, 0.05) is 17.1 Å². The number of rotatable bonds is 7. The molecule has 25 heavy (non-hydrogen) atoms. The monoisotopic (exact) mass is 453 g/mol. The minimum atomic E-state index is -3.89. The zero-order valence-corrected chi connectivity index (χ0v) is 17.8. The van der Waals surface area contributed by atoms with Crippen molar-refractivity contribution < 1.29 is 21.6 Å². The molecule has 0 spiro atoms. The van der Waals surface area contributed by atoms with Crippen LogP contribution >= 0.6 is 15.9 Å². The highest BCUT2D eigenvalue weighted by Gasteiger charge is 2.40. The summed E-state index contributed by atoms with van der Waals surface area (Å²) in [5.74, 6) is 0.247. The molecular formula is C16H24BrNO5S2. The second-order valence-electron chi connectivity index (χ2n) is 6.55. The molecule has 1 aliphatic heterocycles. The Kier molecular flexibility index (Phi) is 6.56. The predicted molar refractivity (Wildman–Crippen MR) is 101 cm³/mol. The second-order valence-corrected chi connectivity index (χ2v) is 11.6. The molecule has 0 bridgehead atoms. The van der Waals surface area contributed by atoms with Gasteiger partial charge in [0.1, 0.15) is 10.6 Å². The molecule has 1 aromatic carbocycles. The van der Waals surface area contributed by atoms with Crippen LogP contribution in [0.4, 0.5) is 0 Å². The maximum Gasteiger partial charge on any atom is 0.247 e. The molecule has 0 amide bonds. The van der Waals surface area contributed by atoms with E-state index in [0.717, 1.165) is 0 Å². The Hall–Kier alpha value is -0.640. The van der Waals surface area contributed by atoms with Gasteiger partial charge in [-0.2, -0.15) is 4.31 Å². The van der Waals surface area contributed by atoms with Crippen LogP contribution in [0.15, 0.2) is 27.6 Å². The molecular weight excluding hydrogens is 430 g/mol. The Labute approximate surface area is 158 Å². The van der Waals surface area contributed by atoms with Crippen LogP contribution in [0.1, 0.15) is 27.2 Å². The van der Waals surface area contributed by atoms with Crippen LogP contribution in [0.5, 0.6) is 5.75 Å². The smallest absolute Gasteiger partial charge is 0.247 e. The van der Waals surface area contributed by atoms with Gasteiger partial charge in [0.2, 0.25) is 10.0 Å². The van der Waals surface area contributed by atoms with Gasteiger partial charge in [-0.15, -0.1) is 0 Å². The van der Waals surface area contributed by atoms with Crippen molar-refractivity contribution in [1.82, 2.24) is 4.31 Å². The maximum absolute atomic E-state index is 13.3. The largest absolute Gasteiger partial charge is 0.492 e. The molecule has 1 heterocycles. The Morgan fingerprint density at radius 3 is 2.56 bits per heavy atom. The molecule has 0 saturated carbocycles. The van der Waals surface area contributed by atoms with Gasteiger partial charge in [0.05, 0.1) is 18.1 Å². The van der Waals surface area contributed by atoms with Gasteiger partial charge >= 0.3 is 0 Å². The van der Waals surface area contributed by atoms with Gasteiger partial charge in [-0.25, -0.2) is 16.8 Å². The fourth-order valence-electron chi connectivity index (χ4n) is 2.89. The van der Waals surface area contributed by atoms with Crippen LogP contribution < -0.4 is 4.74 Å². The molecule has 2 rings (SSSR count). The van der Waals surface area contributed by atoms with Gasteiger partial charge in [0.15, 0.2) is 9.84 Å². The van der Waals surface area contributed by atoms with Crippen molar-refractivity contribution in [3.63, 3.8) is 0 Å². The SMILES string of the molecule is CCOc1ccc(Br)cc1S(=O)(=O)N(CC(C)C)C1CCS(=O)(=O)C1. The summed E-state index contributed by atoms with van der Waals surface area (Å²) in [6, 6.07) is 4.30. The molecule has 0 radical (unpaired) electrons. The van der Waals surface area contributed by atoms with Gasteiger partial charge in [0.25, 0.3) is 0 Å². The zero-order chi connectivity index (χ0) is 18.8. The van der Waals surface area contributed by atoms with Crippen LogP contribution in [0.25, 0.3) is 0 Å². The van der Waals surface area contributed by atoms with Crippen molar-refractivity contribution in [2.45, 2.75) is 38.1 Å². The molecule has 1 fully saturated rings. The van der Waals surface area contributed by atoms with E-state index in [4.69, 9.17) is 4.74 Å². The van der Waals surface area contributed by atoms with E-state index in [1.54, 1.807) is 19.1 Å². The number of hydrogen-bond donors (Lipinski definition) is 0. The number of sulfone groups is 1. The number of benzene rings is 1. The van der Waals surface area contributed by atoms with E-state index in [1.165, 1.54) is 10.4 Å². The van der Waals surface area contributed by atoms with Crippen molar-refractivity contribution in [2.24, 2.45) is 5.92 Å². The van der Waals surface area contributed by atoms with E-state index in [2.05, 4.69) is 15.9 Å². The van der Waals surface area contributed by atoms with E-state index < -0.39 is 25.9 Å². The molecule has 1 atom stereocenters. The minimum Gasteiger partial charge on any atom is -0.492 e. The second kappa shape index (κ2) is 7.94. The molecule has 0 aliphatic carbocycles. The van der Waals surface area contributed by atoms with Gasteiger partial charge in [-0.05, 0) is 37.5 Å². The van der Waals surface area contributed by atoms with Crippen LogP contribution in [0, 0.1) is 5.92 Å². The van der Waals surface area contributed by atoms with E-state index in [-0.39, 0.29) is 34.6 Å². The lowest BCUT2D eigenvalue weighted by atomic mass is 10.2. The summed E-state index contributed by atoms with van der Waals surface area (Å²) in [6.07, 6.45) is 0.326. The molecule has 6 nitrogen and oxygen atoms in total. The average Bonchev–Trinajstić information content (AvgIpc) is 2.86. The first-order chi connectivity index (χ1) is 11.6. The number of sulfonamides is 1. The predicted octanol–water partition coefficient (Wildman–Crippen LogP) is 2.68. The van der Waals surface area contributed by atoms with Crippen molar-refractivity contribution in [3.05, 3.63) is 22.7 Å². The molecule has 142 valence electrons. The van der Waals surface area contributed by atoms with E-state index in [0.29, 0.717) is 17.5 Å². The Bertz CT molecular complexity index is 821. The van der Waals surface area contributed by atoms with Crippen LogP contribution in [0.3, 0.4) is 0 Å². The first-order valence-electron chi connectivity index (χ1n) is 8.21. The molecule has 9 heteroatoms. The molecule has 1 unspecified atom stereocenters. The summed E-state index contributed by atoms with van der Waals surface area (Å²) in [4.78, 5) is 0.0636. The Morgan fingerprint density at radius 1 is 1.36 bits per heavy atom. The van der Waals surface area contributed by atoms with Gasteiger partial charge in [-0.1, -0.05) is 29.8 Å². The highest BCUT2D eigenvalue weighted by Crippen LogP contribution is 2.33. The van der Waals surface area contributed by atoms with Crippen LogP contribution in [0.2, 0.25) is 0 Å². The first-order valence-corrected chi connectivity index (χ1v) is 12.3. The lowest BCUT2D eigenvalue weighted by Crippen LogP contribution is -2.43. The Morgan fingerprint density at radius 2 is 2.04 bits per heavy atom. The van der Waals surface area contributed by atoms with Crippen molar-refractivity contribution in [2.75, 3.05) is 24.7 Å². The fraction of sp³-hybridized carbons (Fsp3) is 0.625. The number of nitrogens with zero attached hydrogens (tertiary/aromatic N) is 1. The summed E-state index contributed by atoms with van der Waals surface area (Å²) in [7, 11) is -7.09. The van der Waals surface area contributed by atoms with E-state index in [9.17, 15) is 16.8 Å². The van der Waals surface area contributed by atoms with E-state index >= 15 is 0 Å². The summed E-state index contributed by atoms with van der Waals surface area (Å²) < 4.78 is 57.9. The highest BCUT2D eigenvalue weighted by atomic mass is 79.9. The molecule has 1 aliphatic rings. The highest BCUT2D eigenvalue weighted by molar-refractivity contribution is 9.10. The quantitative estimate of drug-likeness (QED) is 0.633. The zero-order valence-electron chi connectivity index (χ0n) is 14.6. The molecule has 0 aromatic heterocycles. The fourth-order valence-corrected chi connectivity index (χ4v) is 7.20. The maximum atomic E-state index is 13.3. The van der Waals surface area contributed by atoms with Crippen molar-refractivity contribution in [3.8, 4) is 5.75 Å². The Balaban J connectivity index is 2.50. The lowest BCUT2D eigenvalue weighted by Gasteiger charge is -2.29. The van der Waals surface area contributed by atoms with Crippen LogP contribution in [-0.4, -0.2) is 51.8 Å². The molecule has 1 aromatic rings. The minimum absolute atomic E-state index is 0.0264. The number of ether oxygens (including phenoxy) is 1. The first kappa shape index (κ1) is 20.7. The summed E-state index contributed by atoms with van der Waals surface area (Å²) >= 11 is 3.31. The summed E-state index contributed by atoms with van der Waals surface area (Å²) in [5, 5.41) is 0. The molecule has 0 N–H and O–H groups in total. The third-order valence-corrected chi connectivity index (χ3v) is 8.14. The normalized spacial score (nSPS) is 20.3. The van der Waals surface area contributed by atoms with Crippen LogP contribution in [-0.2, 0) is 19.9 Å². The van der Waals surface area contributed by atoms with Crippen molar-refractivity contribution >= 4 is 35.8 Å². The number of hydrogen-bond acceptors (Lipinski definition) is 5. The third kappa shape index (κ3) is 4.96. The lowest BCUT2D eigenvalue weighted by molar-refractivity contribution is 0.301. The summed E-state index contributed by atoms with van der Waals surface area (Å²) in [5.41, 5.74) is 0. The topological polar surface area (TPSA) is 80.8 Å². The van der Waals surface area contributed by atoms with Crippen molar-refractivity contribution in [1.29, 1.82) is 0 Å². The summed E-state index contributed by atoms with van der Waals surface area (Å²) in [6.45, 7) is 6.22.